The van der Waals surface area contributed by atoms with Crippen LogP contribution in [0, 0.1) is 0 Å². The van der Waals surface area contributed by atoms with Crippen LogP contribution in [-0.2, 0) is 4.74 Å². The highest BCUT2D eigenvalue weighted by Crippen LogP contribution is 2.32. The van der Waals surface area contributed by atoms with Gasteiger partial charge in [0.15, 0.2) is 17.7 Å². The van der Waals surface area contributed by atoms with Crippen LogP contribution in [0.3, 0.4) is 0 Å². The molecule has 1 saturated heterocycles. The molecule has 4 N–H and O–H groups in total. The van der Waals surface area contributed by atoms with Crippen molar-refractivity contribution in [1.82, 2.24) is 19.5 Å². The molecule has 3 rings (SSSR count). The van der Waals surface area contributed by atoms with E-state index in [0.29, 0.717) is 11.2 Å². The second kappa shape index (κ2) is 4.98. The minimum Gasteiger partial charge on any atom is -0.387 e. The van der Waals surface area contributed by atoms with E-state index < -0.39 is 24.5 Å². The molecule has 3 heterocycles. The Morgan fingerprint density at radius 3 is 2.85 bits per heavy atom. The summed E-state index contributed by atoms with van der Waals surface area (Å²) in [6.07, 6.45) is 0.421. The number of nitrogen functional groups attached to an aromatic ring is 1. The number of ether oxygens (including phenoxy) is 1. The van der Waals surface area contributed by atoms with Crippen LogP contribution in [0.1, 0.15) is 6.23 Å². The number of imidazole rings is 1. The minimum atomic E-state index is -1.14. The number of aromatic nitrogens is 4. The average Bonchev–Trinajstić information content (AvgIpc) is 2.97. The maximum absolute atomic E-state index is 10.1. The Morgan fingerprint density at radius 1 is 1.30 bits per heavy atom. The number of fused-ring (bicyclic) bond motifs is 1. The van der Waals surface area contributed by atoms with Gasteiger partial charge in [0.25, 0.3) is 0 Å². The van der Waals surface area contributed by atoms with Crippen molar-refractivity contribution in [3.8, 4) is 0 Å². The standard InChI is InChI=1S/C11H12ClN5O3/c12-2-1-5-7(18)8(19)11(20-5)17-4-16-6-9(13)14-3-15-10(6)17/h1-5,7-8,11,18-19H,(H2,13,14,15)/b2-1-/t5-,7-,8-,11-/m1/s1. The lowest BCUT2D eigenvalue weighted by Gasteiger charge is -2.16. The Hall–Kier alpha value is -1.74. The van der Waals surface area contributed by atoms with Crippen LogP contribution in [0.25, 0.3) is 11.2 Å². The zero-order valence-corrected chi connectivity index (χ0v) is 10.9. The predicted octanol–water partition coefficient (Wildman–Crippen LogP) is -0.220. The zero-order valence-electron chi connectivity index (χ0n) is 10.2. The molecule has 2 aromatic heterocycles. The third-order valence-electron chi connectivity index (χ3n) is 3.20. The largest absolute Gasteiger partial charge is 0.387 e. The van der Waals surface area contributed by atoms with Gasteiger partial charge in [0, 0.05) is 5.54 Å². The Bertz CT molecular complexity index is 661. The minimum absolute atomic E-state index is 0.235. The van der Waals surface area contributed by atoms with Gasteiger partial charge in [-0.1, -0.05) is 11.6 Å². The molecule has 0 amide bonds. The second-order valence-corrected chi connectivity index (χ2v) is 4.63. The van der Waals surface area contributed by atoms with E-state index in [1.165, 1.54) is 28.8 Å². The van der Waals surface area contributed by atoms with E-state index in [1.807, 2.05) is 0 Å². The van der Waals surface area contributed by atoms with Crippen LogP contribution in [0.15, 0.2) is 24.3 Å². The lowest BCUT2D eigenvalue weighted by molar-refractivity contribution is -0.0244. The maximum Gasteiger partial charge on any atom is 0.167 e. The Balaban J connectivity index is 2.02. The van der Waals surface area contributed by atoms with E-state index >= 15 is 0 Å². The van der Waals surface area contributed by atoms with Crippen molar-refractivity contribution in [2.45, 2.75) is 24.5 Å². The first-order valence-corrected chi connectivity index (χ1v) is 6.28. The molecule has 0 unspecified atom stereocenters. The number of rotatable bonds is 2. The van der Waals surface area contributed by atoms with Gasteiger partial charge in [0.2, 0.25) is 0 Å². The van der Waals surface area contributed by atoms with Gasteiger partial charge in [-0.05, 0) is 6.08 Å². The third-order valence-corrected chi connectivity index (χ3v) is 3.34. The molecule has 106 valence electrons. The molecule has 0 radical (unpaired) electrons. The molecule has 0 saturated carbocycles. The quantitative estimate of drug-likeness (QED) is 0.701. The topological polar surface area (TPSA) is 119 Å². The summed E-state index contributed by atoms with van der Waals surface area (Å²) in [5, 5.41) is 20.0. The number of nitrogens with zero attached hydrogens (tertiary/aromatic N) is 4. The summed E-state index contributed by atoms with van der Waals surface area (Å²) >= 11 is 5.47. The van der Waals surface area contributed by atoms with Crippen LogP contribution >= 0.6 is 11.6 Å². The van der Waals surface area contributed by atoms with Gasteiger partial charge in [0.1, 0.15) is 30.2 Å². The van der Waals surface area contributed by atoms with E-state index in [9.17, 15) is 10.2 Å². The molecule has 1 aliphatic rings. The molecule has 1 aliphatic heterocycles. The highest BCUT2D eigenvalue weighted by atomic mass is 35.5. The van der Waals surface area contributed by atoms with Gasteiger partial charge in [0.05, 0.1) is 6.33 Å². The first kappa shape index (κ1) is 13.3. The second-order valence-electron chi connectivity index (χ2n) is 4.37. The van der Waals surface area contributed by atoms with Crippen LogP contribution in [-0.4, -0.2) is 48.0 Å². The SMILES string of the molecule is Nc1ncnc2c1ncn2[C@@H]1O[C@H](/C=C\Cl)[C@@H](O)[C@H]1O. The van der Waals surface area contributed by atoms with Crippen LogP contribution in [0.2, 0.25) is 0 Å². The number of anilines is 1. The molecule has 0 spiro atoms. The van der Waals surface area contributed by atoms with Gasteiger partial charge < -0.3 is 20.7 Å². The van der Waals surface area contributed by atoms with Crippen molar-refractivity contribution in [3.05, 3.63) is 24.3 Å². The first-order chi connectivity index (χ1) is 9.63. The van der Waals surface area contributed by atoms with E-state index in [1.54, 1.807) is 0 Å². The van der Waals surface area contributed by atoms with Gasteiger partial charge in [-0.3, -0.25) is 4.57 Å². The molecule has 0 aliphatic carbocycles. The van der Waals surface area contributed by atoms with Crippen LogP contribution < -0.4 is 5.73 Å². The number of halogens is 1. The lowest BCUT2D eigenvalue weighted by Crippen LogP contribution is -2.30. The number of hydrogen-bond donors (Lipinski definition) is 3. The van der Waals surface area contributed by atoms with Crippen LogP contribution in [0.5, 0.6) is 0 Å². The van der Waals surface area contributed by atoms with Gasteiger partial charge in [-0.2, -0.15) is 0 Å². The monoisotopic (exact) mass is 297 g/mol. The Kier molecular flexibility index (Phi) is 3.30. The maximum atomic E-state index is 10.1. The number of hydrogen-bond acceptors (Lipinski definition) is 7. The van der Waals surface area contributed by atoms with Crippen LogP contribution in [0.4, 0.5) is 5.82 Å². The average molecular weight is 298 g/mol. The number of aliphatic hydroxyl groups is 2. The summed E-state index contributed by atoms with van der Waals surface area (Å²) in [6, 6.07) is 0. The molecule has 8 nitrogen and oxygen atoms in total. The summed E-state index contributed by atoms with van der Waals surface area (Å²) in [5.74, 6) is 0.235. The molecule has 4 atom stereocenters. The predicted molar refractivity (Wildman–Crippen MR) is 70.7 cm³/mol. The van der Waals surface area contributed by atoms with Crippen molar-refractivity contribution in [2.75, 3.05) is 5.73 Å². The fourth-order valence-corrected chi connectivity index (χ4v) is 2.35. The summed E-state index contributed by atoms with van der Waals surface area (Å²) in [4.78, 5) is 12.0. The van der Waals surface area contributed by atoms with E-state index in [0.717, 1.165) is 0 Å². The lowest BCUT2D eigenvalue weighted by atomic mass is 10.1. The molecule has 1 fully saturated rings. The molecular formula is C11H12ClN5O3. The molecule has 2 aromatic rings. The molecule has 20 heavy (non-hydrogen) atoms. The normalized spacial score (nSPS) is 30.6. The van der Waals surface area contributed by atoms with Crippen molar-refractivity contribution < 1.29 is 14.9 Å². The van der Waals surface area contributed by atoms with Crippen molar-refractivity contribution in [1.29, 1.82) is 0 Å². The van der Waals surface area contributed by atoms with E-state index in [2.05, 4.69) is 15.0 Å². The molecule has 0 aromatic carbocycles. The summed E-state index contributed by atoms with van der Waals surface area (Å²) in [7, 11) is 0. The number of aliphatic hydroxyl groups excluding tert-OH is 2. The fourth-order valence-electron chi connectivity index (χ4n) is 2.20. The van der Waals surface area contributed by atoms with E-state index in [4.69, 9.17) is 22.1 Å². The smallest absolute Gasteiger partial charge is 0.167 e. The van der Waals surface area contributed by atoms with Crippen molar-refractivity contribution >= 4 is 28.6 Å². The zero-order chi connectivity index (χ0) is 14.3. The molecule has 9 heteroatoms. The summed E-state index contributed by atoms with van der Waals surface area (Å²) < 4.78 is 7.07. The molecule has 0 bridgehead atoms. The van der Waals surface area contributed by atoms with Gasteiger partial charge in [-0.15, -0.1) is 0 Å². The summed E-state index contributed by atoms with van der Waals surface area (Å²) in [5.41, 5.74) is 7.76. The molecular weight excluding hydrogens is 286 g/mol. The Labute approximate surface area is 118 Å². The fraction of sp³-hybridized carbons (Fsp3) is 0.364. The highest BCUT2D eigenvalue weighted by Gasteiger charge is 2.43. The van der Waals surface area contributed by atoms with Gasteiger partial charge in [-0.25, -0.2) is 15.0 Å². The van der Waals surface area contributed by atoms with Gasteiger partial charge >= 0.3 is 0 Å². The van der Waals surface area contributed by atoms with Crippen molar-refractivity contribution in [2.24, 2.45) is 0 Å². The highest BCUT2D eigenvalue weighted by molar-refractivity contribution is 6.25. The third kappa shape index (κ3) is 1.93. The number of nitrogens with two attached hydrogens (primary N) is 1. The first-order valence-electron chi connectivity index (χ1n) is 5.85. The summed E-state index contributed by atoms with van der Waals surface area (Å²) in [6.45, 7) is 0. The van der Waals surface area contributed by atoms with E-state index in [-0.39, 0.29) is 5.82 Å². The van der Waals surface area contributed by atoms with Crippen molar-refractivity contribution in [3.63, 3.8) is 0 Å². The Morgan fingerprint density at radius 2 is 2.10 bits per heavy atom.